The van der Waals surface area contributed by atoms with E-state index in [0.717, 1.165) is 142 Å². The molecule has 0 bridgehead atoms. The van der Waals surface area contributed by atoms with Crippen molar-refractivity contribution in [3.05, 3.63) is 228 Å². The van der Waals surface area contributed by atoms with E-state index in [-0.39, 0.29) is 48.8 Å². The summed E-state index contributed by atoms with van der Waals surface area (Å²) >= 11 is 0. The number of aromatic nitrogens is 6. The van der Waals surface area contributed by atoms with Crippen LogP contribution < -0.4 is 0 Å². The molecule has 20 nitrogen and oxygen atoms in total. The molecule has 536 valence electrons. The van der Waals surface area contributed by atoms with Crippen LogP contribution in [0.5, 0.6) is 0 Å². The van der Waals surface area contributed by atoms with E-state index in [1.54, 1.807) is 9.47 Å². The number of nitrogens with zero attached hydrogens (tertiary/aromatic N) is 10. The number of Topliss-reactive ketones (excluding diaryl/α,β-unsaturated/α-hetero) is 1. The van der Waals surface area contributed by atoms with Crippen LogP contribution in [0.4, 0.5) is 9.59 Å². The SMILES string of the molecule is CCN(CC)[C@@H](C(=O)N1CCC[C@H]1C(=O)Cc1ccc2[nH]c(-c3ccc(-c4nnc([C@@H]5CCCN5C(=O)[C@@H](c5ccccc5)N(CC)CC)o4)cc3)cc2c1)c1ccccc1.Cc1ccc2c(c1)cc(-c1ccc(-c3nnc([C@H]4CCCN4C(=O)OCc4ccccc4)o3)cc1)n2C(=O)OC(C)(C)C. The van der Waals surface area contributed by atoms with Crippen LogP contribution in [0.15, 0.2) is 197 Å². The molecule has 0 spiro atoms. The zero-order valence-electron chi connectivity index (χ0n) is 60.5. The Bertz CT molecular complexity index is 4780. The molecule has 3 fully saturated rings. The minimum atomic E-state index is -0.636. The number of ketones is 1. The van der Waals surface area contributed by atoms with Gasteiger partial charge in [-0.25, -0.2) is 14.2 Å². The molecule has 0 radical (unpaired) electrons. The first kappa shape index (κ1) is 71.6. The van der Waals surface area contributed by atoms with Gasteiger partial charge in [-0.1, -0.05) is 161 Å². The van der Waals surface area contributed by atoms with E-state index in [4.69, 9.17) is 18.3 Å². The van der Waals surface area contributed by atoms with E-state index >= 15 is 0 Å². The highest BCUT2D eigenvalue weighted by molar-refractivity contribution is 5.97. The Kier molecular flexibility index (Phi) is 21.9. The topological polar surface area (TPSA) is 219 Å². The molecule has 0 saturated carbocycles. The third-order valence-electron chi connectivity index (χ3n) is 20.1. The van der Waals surface area contributed by atoms with E-state index in [1.807, 2.05) is 207 Å². The molecule has 0 aliphatic carbocycles. The summed E-state index contributed by atoms with van der Waals surface area (Å²) in [5, 5.41) is 19.4. The Labute approximate surface area is 607 Å². The third kappa shape index (κ3) is 15.7. The van der Waals surface area contributed by atoms with E-state index in [1.165, 1.54) is 0 Å². The van der Waals surface area contributed by atoms with Crippen molar-refractivity contribution in [3.63, 3.8) is 0 Å². The fourth-order valence-electron chi connectivity index (χ4n) is 14.8. The highest BCUT2D eigenvalue weighted by atomic mass is 16.6. The molecule has 20 heteroatoms. The number of hydrogen-bond acceptors (Lipinski definition) is 15. The summed E-state index contributed by atoms with van der Waals surface area (Å²) in [6.07, 6.45) is 4.13. The largest absolute Gasteiger partial charge is 0.445 e. The Morgan fingerprint density at radius 1 is 0.529 bits per heavy atom. The summed E-state index contributed by atoms with van der Waals surface area (Å²) in [6.45, 7) is 21.0. The molecule has 3 aliphatic heterocycles. The number of benzene rings is 7. The number of H-pyrrole nitrogens is 1. The highest BCUT2D eigenvalue weighted by Gasteiger charge is 2.42. The van der Waals surface area contributed by atoms with Gasteiger partial charge in [-0.15, -0.1) is 20.4 Å². The molecular formula is C84H91N11O9. The molecule has 11 aromatic rings. The first-order valence-corrected chi connectivity index (χ1v) is 36.5. The fourth-order valence-corrected chi connectivity index (χ4v) is 14.8. The summed E-state index contributed by atoms with van der Waals surface area (Å²) in [5.74, 6) is 1.77. The van der Waals surface area contributed by atoms with E-state index in [0.29, 0.717) is 49.6 Å². The fraction of sp³-hybridized carbons (Fsp3) is 0.345. The molecule has 7 heterocycles. The van der Waals surface area contributed by atoms with Crippen LogP contribution in [0, 0.1) is 6.92 Å². The number of fused-ring (bicyclic) bond motifs is 2. The summed E-state index contributed by atoms with van der Waals surface area (Å²) in [7, 11) is 0. The molecule has 1 N–H and O–H groups in total. The van der Waals surface area contributed by atoms with Crippen molar-refractivity contribution < 1.29 is 42.3 Å². The van der Waals surface area contributed by atoms with Crippen LogP contribution in [0.3, 0.4) is 0 Å². The minimum Gasteiger partial charge on any atom is -0.445 e. The second kappa shape index (κ2) is 31.8. The molecule has 14 rings (SSSR count). The van der Waals surface area contributed by atoms with Crippen molar-refractivity contribution in [1.29, 1.82) is 0 Å². The quantitative estimate of drug-likeness (QED) is 0.0707. The first-order chi connectivity index (χ1) is 50.5. The maximum absolute atomic E-state index is 14.2. The Morgan fingerprint density at radius 2 is 1.05 bits per heavy atom. The zero-order valence-corrected chi connectivity index (χ0v) is 60.5. The number of ether oxygens (including phenoxy) is 2. The maximum atomic E-state index is 14.2. The summed E-state index contributed by atoms with van der Waals surface area (Å²) < 4.78 is 25.3. The number of aromatic amines is 1. The zero-order chi connectivity index (χ0) is 72.6. The molecule has 0 unspecified atom stereocenters. The number of carbonyl (C=O) groups is 5. The minimum absolute atomic E-state index is 0.0117. The number of nitrogens with one attached hydrogen (secondary N) is 1. The molecule has 3 saturated heterocycles. The summed E-state index contributed by atoms with van der Waals surface area (Å²) in [4.78, 5) is 81.8. The number of carbonyl (C=O) groups excluding carboxylic acids is 5. The lowest BCUT2D eigenvalue weighted by Crippen LogP contribution is -2.47. The van der Waals surface area contributed by atoms with Crippen LogP contribution in [0.25, 0.3) is 67.2 Å². The lowest BCUT2D eigenvalue weighted by Gasteiger charge is -2.34. The van der Waals surface area contributed by atoms with Gasteiger partial charge in [0.1, 0.15) is 36.4 Å². The van der Waals surface area contributed by atoms with Crippen LogP contribution in [0.1, 0.15) is 151 Å². The van der Waals surface area contributed by atoms with Gasteiger partial charge in [0.05, 0.1) is 17.3 Å². The lowest BCUT2D eigenvalue weighted by atomic mass is 9.99. The molecule has 3 amide bonds. The molecule has 3 aliphatic rings. The lowest BCUT2D eigenvalue weighted by molar-refractivity contribution is -0.142. The Balaban J connectivity index is 0.000000196. The van der Waals surface area contributed by atoms with Crippen LogP contribution in [-0.2, 0) is 36.9 Å². The van der Waals surface area contributed by atoms with Crippen LogP contribution >= 0.6 is 0 Å². The van der Waals surface area contributed by atoms with Crippen molar-refractivity contribution in [2.24, 2.45) is 0 Å². The highest BCUT2D eigenvalue weighted by Crippen LogP contribution is 2.40. The number of aryl methyl sites for hydroxylation is 1. The maximum Gasteiger partial charge on any atom is 0.419 e. The normalized spacial score (nSPS) is 16.7. The summed E-state index contributed by atoms with van der Waals surface area (Å²) in [6, 6.07) is 59.5. The van der Waals surface area contributed by atoms with Crippen molar-refractivity contribution in [3.8, 4) is 45.4 Å². The number of amides is 3. The smallest absolute Gasteiger partial charge is 0.419 e. The molecule has 5 atom stereocenters. The third-order valence-corrected chi connectivity index (χ3v) is 20.1. The van der Waals surface area contributed by atoms with E-state index < -0.39 is 29.9 Å². The van der Waals surface area contributed by atoms with Crippen molar-refractivity contribution in [1.82, 2.24) is 54.4 Å². The summed E-state index contributed by atoms with van der Waals surface area (Å²) in [5.41, 5.74) is 11.1. The molecule has 4 aromatic heterocycles. The van der Waals surface area contributed by atoms with Gasteiger partial charge in [0.2, 0.25) is 35.4 Å². The van der Waals surface area contributed by atoms with Gasteiger partial charge in [-0.05, 0) is 186 Å². The Hall–Kier alpha value is -10.8. The van der Waals surface area contributed by atoms with Gasteiger partial charge >= 0.3 is 12.2 Å². The van der Waals surface area contributed by atoms with E-state index in [2.05, 4.69) is 81.1 Å². The van der Waals surface area contributed by atoms with Crippen molar-refractivity contribution in [2.45, 2.75) is 143 Å². The average molecular weight is 1400 g/mol. The number of likely N-dealkylation sites (N-methyl/N-ethyl adjacent to an activating group) is 2. The standard InChI is InChI=1S/C50H57N7O4.C34H34N4O5/c1-5-54(6-2)45(36-17-11-9-12-18-36)49(59)56-29-15-21-42(56)44(58)32-34-23-28-40-39(31-34)33-41(51-40)35-24-26-38(27-25-35)47-52-53-48(61-47)43-22-16-30-57(43)50(60)46(55(7-3)8-4)37-19-13-10-14-20-37;1-22-12-17-27-26(19-22)20-29(38(27)33(40)43-34(2,3)4)24-13-15-25(16-14-24)30-35-36-31(42-30)28-11-8-18-37(28)32(39)41-21-23-9-6-5-7-10-23/h9-14,17-20,23-28,31,33,42-43,45-46,51H,5-8,15-16,21-22,29-30,32H2,1-4H3;5-7,9-10,12-17,19-20,28H,8,11,18,21H2,1-4H3/t42-,43-,45+,46+;28-/m01/s1. The van der Waals surface area contributed by atoms with Gasteiger partial charge in [0.15, 0.2) is 5.78 Å². The van der Waals surface area contributed by atoms with Gasteiger partial charge < -0.3 is 33.1 Å². The van der Waals surface area contributed by atoms with E-state index in [9.17, 15) is 24.0 Å². The molecule has 7 aromatic carbocycles. The van der Waals surface area contributed by atoms with Crippen LogP contribution in [0.2, 0.25) is 0 Å². The number of likely N-dealkylation sites (tertiary alicyclic amines) is 3. The average Bonchev–Trinajstić information content (AvgIpc) is 1.62. The monoisotopic (exact) mass is 1400 g/mol. The second-order valence-corrected chi connectivity index (χ2v) is 28.0. The predicted octanol–water partition coefficient (Wildman–Crippen LogP) is 16.7. The second-order valence-electron chi connectivity index (χ2n) is 28.0. The van der Waals surface area contributed by atoms with Gasteiger partial charge in [-0.2, -0.15) is 0 Å². The van der Waals surface area contributed by atoms with Crippen molar-refractivity contribution >= 4 is 51.6 Å². The van der Waals surface area contributed by atoms with Gasteiger partial charge in [-0.3, -0.25) is 29.1 Å². The van der Waals surface area contributed by atoms with Gasteiger partial charge in [0.25, 0.3) is 0 Å². The van der Waals surface area contributed by atoms with Crippen LogP contribution in [-0.4, -0.2) is 142 Å². The molecule has 104 heavy (non-hydrogen) atoms. The predicted molar refractivity (Wildman–Crippen MR) is 401 cm³/mol. The number of hydrogen-bond donors (Lipinski definition) is 1. The van der Waals surface area contributed by atoms with Gasteiger partial charge in [0, 0.05) is 59.2 Å². The first-order valence-electron chi connectivity index (χ1n) is 36.5. The Morgan fingerprint density at radius 3 is 1.62 bits per heavy atom. The van der Waals surface area contributed by atoms with Crippen molar-refractivity contribution in [2.75, 3.05) is 45.8 Å². The number of rotatable bonds is 21. The molecular weight excluding hydrogens is 1310 g/mol.